The molecule has 0 aromatic carbocycles. The van der Waals surface area contributed by atoms with Crippen LogP contribution in [0.1, 0.15) is 45.0 Å². The third kappa shape index (κ3) is 3.72. The Morgan fingerprint density at radius 1 is 1.48 bits per heavy atom. The molecule has 0 spiro atoms. The standard InChI is InChI=1S/C14H20BrN5O/c1-4-13(20-9-11(15)8-16-20)14(21)17-10(3)12-6-7-19(5-2)18-12/h6-10,13H,4-5H2,1-3H3,(H,17,21). The van der Waals surface area contributed by atoms with Crippen molar-refractivity contribution in [3.8, 4) is 0 Å². The number of nitrogens with one attached hydrogen (secondary N) is 1. The predicted molar refractivity (Wildman–Crippen MR) is 83.7 cm³/mol. The molecule has 7 heteroatoms. The first-order chi connectivity index (χ1) is 10.0. The Labute approximate surface area is 132 Å². The molecule has 2 aromatic heterocycles. The topological polar surface area (TPSA) is 64.7 Å². The smallest absolute Gasteiger partial charge is 0.245 e. The van der Waals surface area contributed by atoms with Gasteiger partial charge in [-0.05, 0) is 42.3 Å². The number of amides is 1. The van der Waals surface area contributed by atoms with Gasteiger partial charge in [0.2, 0.25) is 5.91 Å². The summed E-state index contributed by atoms with van der Waals surface area (Å²) < 4.78 is 4.39. The molecule has 114 valence electrons. The summed E-state index contributed by atoms with van der Waals surface area (Å²) in [6.45, 7) is 6.75. The third-order valence-corrected chi connectivity index (χ3v) is 3.78. The Kier molecular flexibility index (Phi) is 5.17. The van der Waals surface area contributed by atoms with Gasteiger partial charge >= 0.3 is 0 Å². The maximum atomic E-state index is 12.4. The van der Waals surface area contributed by atoms with E-state index in [1.165, 1.54) is 0 Å². The molecule has 0 saturated heterocycles. The fraction of sp³-hybridized carbons (Fsp3) is 0.500. The van der Waals surface area contributed by atoms with Crippen LogP contribution in [-0.4, -0.2) is 25.5 Å². The van der Waals surface area contributed by atoms with Gasteiger partial charge in [0.15, 0.2) is 0 Å². The Balaban J connectivity index is 2.05. The second kappa shape index (κ2) is 6.89. The quantitative estimate of drug-likeness (QED) is 0.868. The molecule has 1 N–H and O–H groups in total. The van der Waals surface area contributed by atoms with Gasteiger partial charge < -0.3 is 5.32 Å². The van der Waals surface area contributed by atoms with Gasteiger partial charge in [-0.2, -0.15) is 10.2 Å². The summed E-state index contributed by atoms with van der Waals surface area (Å²) in [6.07, 6.45) is 6.09. The predicted octanol–water partition coefficient (Wildman–Crippen LogP) is 2.69. The summed E-state index contributed by atoms with van der Waals surface area (Å²) >= 11 is 3.35. The monoisotopic (exact) mass is 353 g/mol. The fourth-order valence-electron chi connectivity index (χ4n) is 2.15. The van der Waals surface area contributed by atoms with E-state index in [2.05, 4.69) is 31.4 Å². The third-order valence-electron chi connectivity index (χ3n) is 3.37. The number of aromatic nitrogens is 4. The minimum absolute atomic E-state index is 0.0494. The van der Waals surface area contributed by atoms with Crippen molar-refractivity contribution in [2.75, 3.05) is 0 Å². The fourth-order valence-corrected chi connectivity index (χ4v) is 2.45. The van der Waals surface area contributed by atoms with Crippen molar-refractivity contribution in [1.82, 2.24) is 24.9 Å². The molecule has 21 heavy (non-hydrogen) atoms. The molecular weight excluding hydrogens is 334 g/mol. The van der Waals surface area contributed by atoms with Crippen molar-refractivity contribution >= 4 is 21.8 Å². The van der Waals surface area contributed by atoms with E-state index in [9.17, 15) is 4.79 Å². The average Bonchev–Trinajstić information content (AvgIpc) is 3.08. The highest BCUT2D eigenvalue weighted by atomic mass is 79.9. The van der Waals surface area contributed by atoms with Gasteiger partial charge in [-0.1, -0.05) is 6.92 Å². The molecule has 0 aliphatic heterocycles. The van der Waals surface area contributed by atoms with E-state index in [0.717, 1.165) is 16.7 Å². The largest absolute Gasteiger partial charge is 0.346 e. The van der Waals surface area contributed by atoms with Crippen LogP contribution >= 0.6 is 15.9 Å². The van der Waals surface area contributed by atoms with E-state index >= 15 is 0 Å². The molecule has 1 amide bonds. The maximum Gasteiger partial charge on any atom is 0.245 e. The van der Waals surface area contributed by atoms with E-state index in [4.69, 9.17) is 0 Å². The molecule has 2 unspecified atom stereocenters. The summed E-state index contributed by atoms with van der Waals surface area (Å²) in [6, 6.07) is 1.49. The molecule has 0 bridgehead atoms. The van der Waals surface area contributed by atoms with Crippen LogP contribution in [0.4, 0.5) is 0 Å². The molecular formula is C14H20BrN5O. The lowest BCUT2D eigenvalue weighted by Crippen LogP contribution is -2.34. The lowest BCUT2D eigenvalue weighted by atomic mass is 10.2. The molecule has 2 rings (SSSR count). The lowest BCUT2D eigenvalue weighted by molar-refractivity contribution is -0.125. The molecule has 0 aliphatic carbocycles. The van der Waals surface area contributed by atoms with E-state index in [-0.39, 0.29) is 18.0 Å². The molecule has 0 radical (unpaired) electrons. The van der Waals surface area contributed by atoms with Crippen LogP contribution in [0, 0.1) is 0 Å². The first kappa shape index (κ1) is 15.8. The van der Waals surface area contributed by atoms with Crippen LogP contribution in [0.5, 0.6) is 0 Å². The Hall–Kier alpha value is -1.63. The van der Waals surface area contributed by atoms with Gasteiger partial charge in [0.25, 0.3) is 0 Å². The van der Waals surface area contributed by atoms with E-state index in [1.54, 1.807) is 10.9 Å². The van der Waals surface area contributed by atoms with Crippen molar-refractivity contribution in [3.05, 3.63) is 34.8 Å². The Morgan fingerprint density at radius 2 is 2.24 bits per heavy atom. The SMILES string of the molecule is CCC(C(=O)NC(C)c1ccn(CC)n1)n1cc(Br)cn1. The first-order valence-electron chi connectivity index (χ1n) is 7.08. The number of aryl methyl sites for hydroxylation is 1. The van der Waals surface area contributed by atoms with Gasteiger partial charge in [0.1, 0.15) is 6.04 Å². The summed E-state index contributed by atoms with van der Waals surface area (Å²) in [5.41, 5.74) is 0.863. The summed E-state index contributed by atoms with van der Waals surface area (Å²) in [5.74, 6) is -0.0494. The van der Waals surface area contributed by atoms with Crippen molar-refractivity contribution in [2.45, 2.75) is 45.8 Å². The average molecular weight is 354 g/mol. The number of hydrogen-bond acceptors (Lipinski definition) is 3. The van der Waals surface area contributed by atoms with Crippen LogP contribution in [0.2, 0.25) is 0 Å². The second-order valence-electron chi connectivity index (χ2n) is 4.89. The molecule has 0 aliphatic rings. The number of carbonyl (C=O) groups excluding carboxylic acids is 1. The summed E-state index contributed by atoms with van der Waals surface area (Å²) in [4.78, 5) is 12.4. The molecule has 6 nitrogen and oxygen atoms in total. The highest BCUT2D eigenvalue weighted by Gasteiger charge is 2.22. The zero-order valence-corrected chi connectivity index (χ0v) is 14.0. The van der Waals surface area contributed by atoms with Crippen molar-refractivity contribution in [2.24, 2.45) is 0 Å². The number of nitrogens with zero attached hydrogens (tertiary/aromatic N) is 4. The number of carbonyl (C=O) groups is 1. The van der Waals surface area contributed by atoms with Gasteiger partial charge in [0, 0.05) is 18.9 Å². The van der Waals surface area contributed by atoms with Crippen LogP contribution < -0.4 is 5.32 Å². The molecule has 2 heterocycles. The van der Waals surface area contributed by atoms with Crippen LogP contribution in [0.15, 0.2) is 29.1 Å². The zero-order valence-electron chi connectivity index (χ0n) is 12.5. The number of rotatable bonds is 6. The summed E-state index contributed by atoms with van der Waals surface area (Å²) in [5, 5.41) is 11.6. The number of halogens is 1. The first-order valence-corrected chi connectivity index (χ1v) is 7.87. The molecule has 2 atom stereocenters. The molecule has 0 saturated carbocycles. The summed E-state index contributed by atoms with van der Waals surface area (Å²) in [7, 11) is 0. The van der Waals surface area contributed by atoms with Gasteiger partial charge in [-0.25, -0.2) is 0 Å². The van der Waals surface area contributed by atoms with Gasteiger partial charge in [-0.15, -0.1) is 0 Å². The Bertz CT molecular complexity index is 606. The number of hydrogen-bond donors (Lipinski definition) is 1. The normalized spacial score (nSPS) is 13.9. The highest BCUT2D eigenvalue weighted by molar-refractivity contribution is 9.10. The zero-order chi connectivity index (χ0) is 15.4. The van der Waals surface area contributed by atoms with Gasteiger partial charge in [0.05, 0.1) is 22.4 Å². The van der Waals surface area contributed by atoms with E-state index < -0.39 is 0 Å². The highest BCUT2D eigenvalue weighted by Crippen LogP contribution is 2.17. The molecule has 2 aromatic rings. The minimum atomic E-state index is -0.313. The van der Waals surface area contributed by atoms with Crippen molar-refractivity contribution in [3.63, 3.8) is 0 Å². The minimum Gasteiger partial charge on any atom is -0.346 e. The van der Waals surface area contributed by atoms with Crippen LogP contribution in [0.3, 0.4) is 0 Å². The maximum absolute atomic E-state index is 12.4. The van der Waals surface area contributed by atoms with Gasteiger partial charge in [-0.3, -0.25) is 14.2 Å². The van der Waals surface area contributed by atoms with E-state index in [0.29, 0.717) is 6.42 Å². The second-order valence-corrected chi connectivity index (χ2v) is 5.80. The van der Waals surface area contributed by atoms with Crippen LogP contribution in [0.25, 0.3) is 0 Å². The van der Waals surface area contributed by atoms with Crippen LogP contribution in [-0.2, 0) is 11.3 Å². The van der Waals surface area contributed by atoms with Crippen molar-refractivity contribution < 1.29 is 4.79 Å². The lowest BCUT2D eigenvalue weighted by Gasteiger charge is -2.18. The Morgan fingerprint density at radius 3 is 2.76 bits per heavy atom. The van der Waals surface area contributed by atoms with Crippen molar-refractivity contribution in [1.29, 1.82) is 0 Å². The van der Waals surface area contributed by atoms with E-state index in [1.807, 2.05) is 43.9 Å². The molecule has 0 fully saturated rings.